The van der Waals surface area contributed by atoms with Gasteiger partial charge >= 0.3 is 5.97 Å². The number of halogens is 2. The summed E-state index contributed by atoms with van der Waals surface area (Å²) in [6.07, 6.45) is -0.787. The van der Waals surface area contributed by atoms with E-state index in [0.717, 1.165) is 18.7 Å². The summed E-state index contributed by atoms with van der Waals surface area (Å²) in [6, 6.07) is 15.0. The molecule has 7 rings (SSSR count). The molecule has 41 heavy (non-hydrogen) atoms. The normalized spacial score (nSPS) is 23.8. The molecule has 0 bridgehead atoms. The number of rotatable bonds is 5. The minimum absolute atomic E-state index is 0.0637. The molecule has 2 aromatic heterocycles. The van der Waals surface area contributed by atoms with Gasteiger partial charge in [0.1, 0.15) is 23.5 Å². The average molecular weight is 558 g/mol. The van der Waals surface area contributed by atoms with Crippen molar-refractivity contribution in [1.82, 2.24) is 19.5 Å². The molecule has 1 aliphatic carbocycles. The van der Waals surface area contributed by atoms with E-state index in [9.17, 15) is 14.7 Å². The summed E-state index contributed by atoms with van der Waals surface area (Å²) in [5, 5.41) is 13.9. The van der Waals surface area contributed by atoms with Crippen LogP contribution in [0.25, 0.3) is 16.9 Å². The fourth-order valence-electron chi connectivity index (χ4n) is 6.30. The van der Waals surface area contributed by atoms with Gasteiger partial charge in [0.2, 0.25) is 0 Å². The van der Waals surface area contributed by atoms with E-state index in [-0.39, 0.29) is 35.7 Å². The van der Waals surface area contributed by atoms with Gasteiger partial charge in [0.05, 0.1) is 24.2 Å². The first kappa shape index (κ1) is 25.6. The molecule has 2 aliphatic heterocycles. The molecule has 4 heterocycles. The van der Waals surface area contributed by atoms with Crippen molar-refractivity contribution in [2.24, 2.45) is 11.8 Å². The number of hydrogen-bond acceptors (Lipinski definition) is 5. The molecule has 2 fully saturated rings. The van der Waals surface area contributed by atoms with Gasteiger partial charge in [-0.3, -0.25) is 9.59 Å². The van der Waals surface area contributed by atoms with Gasteiger partial charge in [0, 0.05) is 30.8 Å². The molecule has 1 saturated carbocycles. The number of carboxylic acids is 1. The number of carbonyl (C=O) groups excluding carboxylic acids is 1. The molecule has 4 aromatic rings. The molecule has 1 amide bonds. The zero-order valence-corrected chi connectivity index (χ0v) is 22.7. The van der Waals surface area contributed by atoms with Crippen LogP contribution in [0.1, 0.15) is 65.6 Å². The van der Waals surface area contributed by atoms with Crippen LogP contribution >= 0.6 is 0 Å². The first-order chi connectivity index (χ1) is 19.7. The van der Waals surface area contributed by atoms with Crippen molar-refractivity contribution >= 4 is 23.3 Å². The number of alkyl halides is 1. The maximum atomic E-state index is 15.3. The number of aromatic nitrogens is 3. The Labute approximate surface area is 235 Å². The topological polar surface area (TPSA) is 91.0 Å². The van der Waals surface area contributed by atoms with Gasteiger partial charge in [0.25, 0.3) is 5.91 Å². The highest BCUT2D eigenvalue weighted by atomic mass is 19.1. The highest BCUT2D eigenvalue weighted by Gasteiger charge is 2.44. The molecule has 8 nitrogen and oxygen atoms in total. The first-order valence-electron chi connectivity index (χ1n) is 13.9. The number of carbonyl (C=O) groups is 2. The lowest BCUT2D eigenvalue weighted by Gasteiger charge is -2.39. The third-order valence-corrected chi connectivity index (χ3v) is 8.69. The van der Waals surface area contributed by atoms with E-state index in [4.69, 9.17) is 0 Å². The minimum atomic E-state index is -1.29. The number of carboxylic acid groups (broad SMARTS) is 1. The lowest BCUT2D eigenvalue weighted by atomic mass is 9.92. The molecule has 0 spiro atoms. The largest absolute Gasteiger partial charge is 0.481 e. The van der Waals surface area contributed by atoms with Crippen molar-refractivity contribution in [1.29, 1.82) is 0 Å². The first-order valence-corrected chi connectivity index (χ1v) is 13.9. The second-order valence-corrected chi connectivity index (χ2v) is 11.6. The summed E-state index contributed by atoms with van der Waals surface area (Å²) < 4.78 is 32.0. The minimum Gasteiger partial charge on any atom is -0.481 e. The second kappa shape index (κ2) is 9.36. The van der Waals surface area contributed by atoms with E-state index < -0.39 is 23.9 Å². The maximum absolute atomic E-state index is 15.3. The Balaban J connectivity index is 1.26. The van der Waals surface area contributed by atoms with E-state index in [1.807, 2.05) is 19.1 Å². The van der Waals surface area contributed by atoms with Crippen LogP contribution in [0.2, 0.25) is 0 Å². The van der Waals surface area contributed by atoms with Crippen LogP contribution in [-0.2, 0) is 4.79 Å². The van der Waals surface area contributed by atoms with E-state index >= 15 is 8.78 Å². The summed E-state index contributed by atoms with van der Waals surface area (Å²) in [7, 11) is 0. The molecule has 4 atom stereocenters. The number of fused-ring (bicyclic) bond motifs is 2. The number of nitrogens with zero attached hydrogens (tertiary/aromatic N) is 5. The Bertz CT molecular complexity index is 1720. The third kappa shape index (κ3) is 4.24. The summed E-state index contributed by atoms with van der Waals surface area (Å²) >= 11 is 0. The molecule has 2 aromatic carbocycles. The van der Waals surface area contributed by atoms with Crippen LogP contribution in [0.15, 0.2) is 54.6 Å². The molecular formula is C31H29F2N5O3. The van der Waals surface area contributed by atoms with Gasteiger partial charge < -0.3 is 14.9 Å². The second-order valence-electron chi connectivity index (χ2n) is 11.6. The molecule has 1 saturated heterocycles. The van der Waals surface area contributed by atoms with Gasteiger partial charge in [-0.15, -0.1) is 0 Å². The lowest BCUT2D eigenvalue weighted by Crippen LogP contribution is -2.46. The monoisotopic (exact) mass is 557 g/mol. The lowest BCUT2D eigenvalue weighted by molar-refractivity contribution is -0.138. The summed E-state index contributed by atoms with van der Waals surface area (Å²) in [6.45, 7) is 5.51. The van der Waals surface area contributed by atoms with Crippen LogP contribution in [0.4, 0.5) is 14.6 Å². The van der Waals surface area contributed by atoms with Gasteiger partial charge in [-0.05, 0) is 54.0 Å². The molecular weight excluding hydrogens is 528 g/mol. The van der Waals surface area contributed by atoms with Crippen molar-refractivity contribution in [3.8, 4) is 11.3 Å². The van der Waals surface area contributed by atoms with Crippen LogP contribution in [-0.4, -0.2) is 56.1 Å². The van der Waals surface area contributed by atoms with Gasteiger partial charge in [0.15, 0.2) is 5.65 Å². The zero-order valence-electron chi connectivity index (χ0n) is 22.7. The smallest absolute Gasteiger partial charge is 0.307 e. The molecule has 0 radical (unpaired) electrons. The van der Waals surface area contributed by atoms with Crippen molar-refractivity contribution in [3.05, 3.63) is 82.8 Å². The van der Waals surface area contributed by atoms with Crippen LogP contribution in [0, 0.1) is 17.7 Å². The van der Waals surface area contributed by atoms with Gasteiger partial charge in [-0.25, -0.2) is 13.8 Å². The van der Waals surface area contributed by atoms with E-state index in [2.05, 4.69) is 21.9 Å². The summed E-state index contributed by atoms with van der Waals surface area (Å²) in [5.74, 6) is -1.24. The zero-order chi connectivity index (χ0) is 28.6. The van der Waals surface area contributed by atoms with Crippen molar-refractivity contribution in [2.45, 2.75) is 38.4 Å². The number of aliphatic carboxylic acids is 1. The van der Waals surface area contributed by atoms with E-state index in [1.165, 1.54) is 11.0 Å². The predicted octanol–water partition coefficient (Wildman–Crippen LogP) is 5.41. The quantitative estimate of drug-likeness (QED) is 0.353. The third-order valence-electron chi connectivity index (χ3n) is 8.69. The van der Waals surface area contributed by atoms with Crippen molar-refractivity contribution in [2.75, 3.05) is 24.5 Å². The fraction of sp³-hybridized carbons (Fsp3) is 0.355. The van der Waals surface area contributed by atoms with Gasteiger partial charge in [-0.2, -0.15) is 9.61 Å². The summed E-state index contributed by atoms with van der Waals surface area (Å²) in [4.78, 5) is 33.3. The highest BCUT2D eigenvalue weighted by Crippen LogP contribution is 2.48. The average Bonchev–Trinajstić information content (AvgIpc) is 3.64. The van der Waals surface area contributed by atoms with Crippen molar-refractivity contribution in [3.63, 3.8) is 0 Å². The Kier molecular flexibility index (Phi) is 5.85. The highest BCUT2D eigenvalue weighted by molar-refractivity contribution is 5.94. The number of amides is 1. The molecule has 0 unspecified atom stereocenters. The molecule has 10 heteroatoms. The standard InChI is InChI=1S/C31H29F2N5O3/c1-16-13-36(14-16)29-12-27(30(39)37-15-25(33)20-6-4-3-5-19(20)17(37)2)34-28-11-26(35-38(28)29)21-8-7-18(9-24(21)32)22-10-23(22)31(40)41/h3-9,11-12,16-17,22-23,25H,10,13-15H2,1-2H3,(H,40,41)/t17-,22-,23+,25+/m1/s1. The Morgan fingerprint density at radius 3 is 2.44 bits per heavy atom. The molecule has 3 aliphatic rings. The number of benzene rings is 2. The summed E-state index contributed by atoms with van der Waals surface area (Å²) in [5.41, 5.74) is 3.24. The Morgan fingerprint density at radius 1 is 1.00 bits per heavy atom. The fourth-order valence-corrected chi connectivity index (χ4v) is 6.30. The predicted molar refractivity (Wildman–Crippen MR) is 148 cm³/mol. The Hall–Kier alpha value is -4.34. The SMILES string of the molecule is CC1CN(c2cc(C(=O)N3C[C@H](F)c4ccccc4[C@H]3C)nc3cc(-c4ccc([C@H]5C[C@@H]5C(=O)O)cc4F)nn23)C1. The van der Waals surface area contributed by atoms with Gasteiger partial charge in [-0.1, -0.05) is 37.3 Å². The molecule has 1 N–H and O–H groups in total. The number of anilines is 1. The van der Waals surface area contributed by atoms with Crippen molar-refractivity contribution < 1.29 is 23.5 Å². The Morgan fingerprint density at radius 2 is 1.76 bits per heavy atom. The van der Waals surface area contributed by atoms with Crippen LogP contribution in [0.5, 0.6) is 0 Å². The van der Waals surface area contributed by atoms with Crippen LogP contribution in [0.3, 0.4) is 0 Å². The molecule has 210 valence electrons. The van der Waals surface area contributed by atoms with E-state index in [0.29, 0.717) is 40.6 Å². The number of hydrogen-bond donors (Lipinski definition) is 1. The maximum Gasteiger partial charge on any atom is 0.307 e. The van der Waals surface area contributed by atoms with E-state index in [1.54, 1.807) is 40.9 Å². The van der Waals surface area contributed by atoms with Crippen LogP contribution < -0.4 is 4.90 Å².